The van der Waals surface area contributed by atoms with Crippen molar-refractivity contribution in [3.63, 3.8) is 0 Å². The molecule has 1 aliphatic carbocycles. The highest BCUT2D eigenvalue weighted by Gasteiger charge is 2.47. The number of rotatable bonds is 3. The Balaban J connectivity index is 1.25. The van der Waals surface area contributed by atoms with Gasteiger partial charge in [0.1, 0.15) is 0 Å². The fourth-order valence-electron chi connectivity index (χ4n) is 6.28. The van der Waals surface area contributed by atoms with Crippen LogP contribution in [-0.2, 0) is 9.53 Å². The summed E-state index contributed by atoms with van der Waals surface area (Å²) in [7, 11) is 0. The van der Waals surface area contributed by atoms with Crippen molar-refractivity contribution in [3.05, 3.63) is 29.8 Å². The van der Waals surface area contributed by atoms with Gasteiger partial charge < -0.3 is 9.64 Å². The van der Waals surface area contributed by atoms with Crippen LogP contribution in [0.25, 0.3) is 0 Å². The number of carbonyl (C=O) groups excluding carboxylic acids is 1. The van der Waals surface area contributed by atoms with Crippen molar-refractivity contribution in [2.45, 2.75) is 76.3 Å². The summed E-state index contributed by atoms with van der Waals surface area (Å²) in [4.78, 5) is 17.9. The monoisotopic (exact) mass is 382 g/mol. The van der Waals surface area contributed by atoms with Gasteiger partial charge in [-0.1, -0.05) is 12.1 Å². The number of hydrogen-bond donors (Lipinski definition) is 0. The summed E-state index contributed by atoms with van der Waals surface area (Å²) < 4.78 is 5.50. The molecule has 3 heterocycles. The minimum absolute atomic E-state index is 0.151. The summed E-state index contributed by atoms with van der Waals surface area (Å²) >= 11 is 0. The van der Waals surface area contributed by atoms with Crippen molar-refractivity contribution in [3.8, 4) is 0 Å². The van der Waals surface area contributed by atoms with Crippen molar-refractivity contribution in [2.75, 3.05) is 31.2 Å². The van der Waals surface area contributed by atoms with Gasteiger partial charge in [-0.2, -0.15) is 0 Å². The van der Waals surface area contributed by atoms with Crippen LogP contribution in [0.5, 0.6) is 0 Å². The molecule has 28 heavy (non-hydrogen) atoms. The van der Waals surface area contributed by atoms with E-state index >= 15 is 0 Å². The summed E-state index contributed by atoms with van der Waals surface area (Å²) in [6, 6.07) is 10.5. The number of amides is 1. The maximum absolute atomic E-state index is 13.1. The highest BCUT2D eigenvalue weighted by Crippen LogP contribution is 2.43. The molecule has 3 atom stereocenters. The van der Waals surface area contributed by atoms with Gasteiger partial charge in [0.25, 0.3) is 0 Å². The highest BCUT2D eigenvalue weighted by molar-refractivity contribution is 5.99. The number of benzene rings is 1. The minimum atomic E-state index is -0.151. The van der Waals surface area contributed by atoms with Gasteiger partial charge in [-0.15, -0.1) is 0 Å². The van der Waals surface area contributed by atoms with E-state index in [-0.39, 0.29) is 5.41 Å². The van der Waals surface area contributed by atoms with E-state index < -0.39 is 0 Å². The Morgan fingerprint density at radius 2 is 1.79 bits per heavy atom. The normalized spacial score (nSPS) is 33.2. The first-order valence-corrected chi connectivity index (χ1v) is 11.4. The summed E-state index contributed by atoms with van der Waals surface area (Å²) in [5.74, 6) is 1.01. The molecule has 3 aliphatic heterocycles. The Hall–Kier alpha value is -1.39. The number of nitrogens with zero attached hydrogens (tertiary/aromatic N) is 2. The van der Waals surface area contributed by atoms with Crippen LogP contribution in [0.15, 0.2) is 24.3 Å². The van der Waals surface area contributed by atoms with Gasteiger partial charge in [0, 0.05) is 37.5 Å². The third-order valence-corrected chi connectivity index (χ3v) is 8.12. The third-order valence-electron chi connectivity index (χ3n) is 8.12. The van der Waals surface area contributed by atoms with E-state index in [1.165, 1.54) is 44.2 Å². The molecule has 4 heteroatoms. The fourth-order valence-corrected chi connectivity index (χ4v) is 6.28. The lowest BCUT2D eigenvalue weighted by Crippen LogP contribution is -2.38. The average Bonchev–Trinajstić information content (AvgIpc) is 3.44. The van der Waals surface area contributed by atoms with Crippen LogP contribution >= 0.6 is 0 Å². The molecule has 1 aromatic carbocycles. The van der Waals surface area contributed by atoms with Crippen LogP contribution in [0.3, 0.4) is 0 Å². The van der Waals surface area contributed by atoms with E-state index in [4.69, 9.17) is 4.74 Å². The molecule has 4 nitrogen and oxygen atoms in total. The molecule has 1 amide bonds. The SMILES string of the molecule is C[C@H]1CCCN1C1CC[C@H](c2ccc(N3CCC4(CCOCC4)C3=O)cc2)C1. The first-order valence-electron chi connectivity index (χ1n) is 11.4. The fraction of sp³-hybridized carbons (Fsp3) is 0.708. The van der Waals surface area contributed by atoms with Crippen LogP contribution in [0.4, 0.5) is 5.69 Å². The molecule has 1 aromatic rings. The second-order valence-electron chi connectivity index (χ2n) is 9.58. The topological polar surface area (TPSA) is 32.8 Å². The third kappa shape index (κ3) is 3.19. The smallest absolute Gasteiger partial charge is 0.233 e. The van der Waals surface area contributed by atoms with Gasteiger partial charge in [0.2, 0.25) is 5.91 Å². The van der Waals surface area contributed by atoms with Gasteiger partial charge >= 0.3 is 0 Å². The van der Waals surface area contributed by atoms with E-state index in [1.807, 2.05) is 4.90 Å². The maximum Gasteiger partial charge on any atom is 0.233 e. The zero-order valence-corrected chi connectivity index (χ0v) is 17.2. The molecule has 0 N–H and O–H groups in total. The molecule has 0 radical (unpaired) electrons. The molecule has 4 aliphatic rings. The molecule has 1 unspecified atom stereocenters. The molecule has 1 saturated carbocycles. The molecular weight excluding hydrogens is 348 g/mol. The summed E-state index contributed by atoms with van der Waals surface area (Å²) in [6.07, 6.45) is 9.44. The lowest BCUT2D eigenvalue weighted by molar-refractivity contribution is -0.130. The van der Waals surface area contributed by atoms with Crippen LogP contribution in [0.2, 0.25) is 0 Å². The first kappa shape index (κ1) is 18.6. The van der Waals surface area contributed by atoms with Gasteiger partial charge in [0.05, 0.1) is 5.41 Å². The lowest BCUT2D eigenvalue weighted by atomic mass is 9.79. The van der Waals surface area contributed by atoms with Crippen LogP contribution in [0.1, 0.15) is 69.8 Å². The Morgan fingerprint density at radius 3 is 2.50 bits per heavy atom. The molecule has 5 rings (SSSR count). The van der Waals surface area contributed by atoms with Gasteiger partial charge in [-0.3, -0.25) is 9.69 Å². The molecular formula is C24H34N2O2. The largest absolute Gasteiger partial charge is 0.381 e. The predicted molar refractivity (Wildman–Crippen MR) is 112 cm³/mol. The van der Waals surface area contributed by atoms with E-state index in [9.17, 15) is 4.79 Å². The van der Waals surface area contributed by atoms with Crippen molar-refractivity contribution in [1.29, 1.82) is 0 Å². The Labute approximate surface area is 169 Å². The lowest BCUT2D eigenvalue weighted by Gasteiger charge is -2.31. The second kappa shape index (κ2) is 7.46. The van der Waals surface area contributed by atoms with Gasteiger partial charge in [-0.25, -0.2) is 0 Å². The number of ether oxygens (including phenoxy) is 1. The van der Waals surface area contributed by atoms with E-state index in [1.54, 1.807) is 0 Å². The molecule has 152 valence electrons. The standard InChI is InChI=1S/C24H34N2O2/c1-18-3-2-13-25(18)22-9-6-20(17-22)19-4-7-21(8-5-19)26-14-10-24(23(26)27)11-15-28-16-12-24/h4-5,7-8,18,20,22H,2-3,6,9-17H2,1H3/t18-,20-,22?/m0/s1. The van der Waals surface area contributed by atoms with E-state index in [0.717, 1.165) is 56.8 Å². The summed E-state index contributed by atoms with van der Waals surface area (Å²) in [5, 5.41) is 0. The van der Waals surface area contributed by atoms with Crippen molar-refractivity contribution in [1.82, 2.24) is 4.90 Å². The van der Waals surface area contributed by atoms with E-state index in [0.29, 0.717) is 11.8 Å². The Morgan fingerprint density at radius 1 is 1.00 bits per heavy atom. The van der Waals surface area contributed by atoms with E-state index in [2.05, 4.69) is 36.1 Å². The quantitative estimate of drug-likeness (QED) is 0.780. The highest BCUT2D eigenvalue weighted by atomic mass is 16.5. The van der Waals surface area contributed by atoms with Gasteiger partial charge in [0.15, 0.2) is 0 Å². The first-order chi connectivity index (χ1) is 13.7. The minimum Gasteiger partial charge on any atom is -0.381 e. The summed E-state index contributed by atoms with van der Waals surface area (Å²) in [6.45, 7) is 6.01. The average molecular weight is 383 g/mol. The number of hydrogen-bond acceptors (Lipinski definition) is 3. The molecule has 1 spiro atoms. The summed E-state index contributed by atoms with van der Waals surface area (Å²) in [5.41, 5.74) is 2.40. The second-order valence-corrected chi connectivity index (χ2v) is 9.58. The molecule has 4 fully saturated rings. The van der Waals surface area contributed by atoms with Crippen LogP contribution in [-0.4, -0.2) is 49.2 Å². The van der Waals surface area contributed by atoms with Crippen LogP contribution < -0.4 is 4.90 Å². The zero-order valence-electron chi connectivity index (χ0n) is 17.2. The molecule has 0 bridgehead atoms. The van der Waals surface area contributed by atoms with Crippen molar-refractivity contribution >= 4 is 11.6 Å². The zero-order chi connectivity index (χ0) is 19.1. The Kier molecular flexibility index (Phi) is 4.96. The number of anilines is 1. The maximum atomic E-state index is 13.1. The molecule has 0 aromatic heterocycles. The van der Waals surface area contributed by atoms with Gasteiger partial charge in [-0.05, 0) is 88.4 Å². The molecule has 3 saturated heterocycles. The van der Waals surface area contributed by atoms with Crippen molar-refractivity contribution < 1.29 is 9.53 Å². The number of likely N-dealkylation sites (tertiary alicyclic amines) is 1. The predicted octanol–water partition coefficient (Wildman–Crippen LogP) is 4.34. The Bertz CT molecular complexity index is 710. The van der Waals surface area contributed by atoms with Crippen molar-refractivity contribution in [2.24, 2.45) is 5.41 Å². The number of carbonyl (C=O) groups is 1. The van der Waals surface area contributed by atoms with Crippen LogP contribution in [0, 0.1) is 5.41 Å².